The Morgan fingerprint density at radius 2 is 1.62 bits per heavy atom. The molecule has 0 aliphatic heterocycles. The molecule has 0 spiro atoms. The minimum atomic E-state index is 0.948. The van der Waals surface area contributed by atoms with Crippen molar-refractivity contribution in [1.29, 1.82) is 0 Å². The summed E-state index contributed by atoms with van der Waals surface area (Å²) >= 11 is 0. The Hall–Kier alpha value is -0.900. The largest absolute Gasteiger partial charge is 0.333 e. The van der Waals surface area contributed by atoms with E-state index in [4.69, 9.17) is 0 Å². The molecule has 4 heteroatoms. The van der Waals surface area contributed by atoms with E-state index < -0.39 is 0 Å². The van der Waals surface area contributed by atoms with Crippen LogP contribution in [-0.2, 0) is 6.54 Å². The molecule has 0 amide bonds. The fourth-order valence-electron chi connectivity index (χ4n) is 0.658. The van der Waals surface area contributed by atoms with Crippen LogP contribution in [0.2, 0.25) is 0 Å². The van der Waals surface area contributed by atoms with Crippen LogP contribution in [-0.4, -0.2) is 22.0 Å². The monoisotopic (exact) mass is 186 g/mol. The third-order valence-electron chi connectivity index (χ3n) is 1.18. The molecule has 1 rings (SSSR count). The van der Waals surface area contributed by atoms with E-state index >= 15 is 0 Å². The van der Waals surface area contributed by atoms with Crippen LogP contribution in [0.25, 0.3) is 0 Å². The number of aryl methyl sites for hydroxylation is 1. The lowest BCUT2D eigenvalue weighted by Gasteiger charge is -1.93. The Morgan fingerprint density at radius 1 is 1.15 bits per heavy atom. The lowest BCUT2D eigenvalue weighted by Crippen LogP contribution is -2.00. The molecule has 0 aliphatic rings. The van der Waals surface area contributed by atoms with Crippen molar-refractivity contribution < 1.29 is 0 Å². The maximum atomic E-state index is 4.50. The predicted molar refractivity (Wildman–Crippen MR) is 56.4 cm³/mol. The fraction of sp³-hybridized carbons (Fsp3) is 0.778. The first-order valence-electron chi connectivity index (χ1n) is 4.85. The summed E-state index contributed by atoms with van der Waals surface area (Å²) in [5.74, 6) is 0. The van der Waals surface area contributed by atoms with Crippen molar-refractivity contribution in [2.45, 2.75) is 40.2 Å². The maximum Gasteiger partial charge on any atom is 0.0693 e. The number of nitrogens with two attached hydrogens (primary N) is 1. The summed E-state index contributed by atoms with van der Waals surface area (Å²) in [4.78, 5) is 1.71. The van der Waals surface area contributed by atoms with Gasteiger partial charge in [-0.3, -0.25) is 0 Å². The maximum absolute atomic E-state index is 4.50. The summed E-state index contributed by atoms with van der Waals surface area (Å²) in [6, 6.07) is 0. The van der Waals surface area contributed by atoms with E-state index in [0.29, 0.717) is 0 Å². The van der Waals surface area contributed by atoms with Gasteiger partial charge in [0.1, 0.15) is 0 Å². The summed E-state index contributed by atoms with van der Waals surface area (Å²) in [7, 11) is 1.50. The average molecular weight is 186 g/mol. The van der Waals surface area contributed by atoms with Gasteiger partial charge >= 0.3 is 0 Å². The van der Waals surface area contributed by atoms with Gasteiger partial charge in [-0.2, -0.15) is 15.0 Å². The first kappa shape index (κ1) is 14.6. The van der Waals surface area contributed by atoms with Crippen molar-refractivity contribution in [3.63, 3.8) is 0 Å². The zero-order valence-corrected chi connectivity index (χ0v) is 9.20. The first-order valence-corrected chi connectivity index (χ1v) is 4.85. The fourth-order valence-corrected chi connectivity index (χ4v) is 0.658. The molecular formula is C9H22N4. The van der Waals surface area contributed by atoms with Crippen molar-refractivity contribution in [1.82, 2.24) is 15.0 Å². The molecule has 0 aliphatic carbocycles. The summed E-state index contributed by atoms with van der Waals surface area (Å²) in [6.45, 7) is 7.10. The van der Waals surface area contributed by atoms with Crippen LogP contribution >= 0.6 is 0 Å². The van der Waals surface area contributed by atoms with E-state index in [2.05, 4.69) is 22.9 Å². The van der Waals surface area contributed by atoms with Gasteiger partial charge in [-0.05, 0) is 13.5 Å². The van der Waals surface area contributed by atoms with E-state index in [-0.39, 0.29) is 0 Å². The molecule has 0 atom stereocenters. The van der Waals surface area contributed by atoms with Gasteiger partial charge in [-0.15, -0.1) is 0 Å². The van der Waals surface area contributed by atoms with Crippen molar-refractivity contribution >= 4 is 0 Å². The van der Waals surface area contributed by atoms with Crippen LogP contribution < -0.4 is 5.73 Å². The van der Waals surface area contributed by atoms with Gasteiger partial charge in [0.25, 0.3) is 0 Å². The van der Waals surface area contributed by atoms with Crippen LogP contribution in [0.5, 0.6) is 0 Å². The van der Waals surface area contributed by atoms with Crippen LogP contribution in [0, 0.1) is 0 Å². The summed E-state index contributed by atoms with van der Waals surface area (Å²) in [5, 5.41) is 7.92. The van der Waals surface area contributed by atoms with Crippen molar-refractivity contribution in [3.8, 4) is 0 Å². The van der Waals surface area contributed by atoms with Crippen molar-refractivity contribution in [2.75, 3.05) is 7.05 Å². The van der Waals surface area contributed by atoms with Gasteiger partial charge < -0.3 is 5.73 Å². The molecule has 13 heavy (non-hydrogen) atoms. The minimum Gasteiger partial charge on any atom is -0.333 e. The highest BCUT2D eigenvalue weighted by atomic mass is 15.5. The number of hydrogen-bond donors (Lipinski definition) is 1. The Labute approximate surface area is 81.1 Å². The molecule has 0 aromatic carbocycles. The molecule has 1 aromatic rings. The topological polar surface area (TPSA) is 56.7 Å². The number of unbranched alkanes of at least 4 members (excludes halogenated alkanes) is 1. The Bertz CT molecular complexity index is 149. The second-order valence-corrected chi connectivity index (χ2v) is 1.98. The SMILES string of the molecule is CC.CCCCn1nccn1.CN. The molecule has 0 unspecified atom stereocenters. The Morgan fingerprint density at radius 3 is 2.00 bits per heavy atom. The second kappa shape index (κ2) is 13.7. The first-order chi connectivity index (χ1) is 6.43. The lowest BCUT2D eigenvalue weighted by molar-refractivity contribution is 0.508. The molecule has 0 fully saturated rings. The normalized spacial score (nSPS) is 7.77. The third kappa shape index (κ3) is 9.01. The van der Waals surface area contributed by atoms with Crippen molar-refractivity contribution in [2.24, 2.45) is 5.73 Å². The van der Waals surface area contributed by atoms with Gasteiger partial charge in [-0.25, -0.2) is 0 Å². The van der Waals surface area contributed by atoms with E-state index in [1.165, 1.54) is 13.5 Å². The number of hydrogen-bond acceptors (Lipinski definition) is 3. The number of aromatic nitrogens is 3. The summed E-state index contributed by atoms with van der Waals surface area (Å²) in [5.41, 5.74) is 4.50. The van der Waals surface area contributed by atoms with Crippen LogP contribution in [0.3, 0.4) is 0 Å². The van der Waals surface area contributed by atoms with Gasteiger partial charge in [-0.1, -0.05) is 27.2 Å². The van der Waals surface area contributed by atoms with E-state index in [0.717, 1.165) is 13.0 Å². The second-order valence-electron chi connectivity index (χ2n) is 1.98. The van der Waals surface area contributed by atoms with Crippen LogP contribution in [0.4, 0.5) is 0 Å². The number of nitrogens with zero attached hydrogens (tertiary/aromatic N) is 3. The molecule has 2 N–H and O–H groups in total. The highest BCUT2D eigenvalue weighted by Crippen LogP contribution is 1.88. The molecule has 0 bridgehead atoms. The van der Waals surface area contributed by atoms with Crippen LogP contribution in [0.15, 0.2) is 12.4 Å². The zero-order chi connectivity index (χ0) is 10.5. The molecule has 1 aromatic heterocycles. The average Bonchev–Trinajstić information content (AvgIpc) is 2.73. The zero-order valence-electron chi connectivity index (χ0n) is 9.20. The van der Waals surface area contributed by atoms with Gasteiger partial charge in [0.15, 0.2) is 0 Å². The van der Waals surface area contributed by atoms with E-state index in [9.17, 15) is 0 Å². The van der Waals surface area contributed by atoms with Gasteiger partial charge in [0, 0.05) is 0 Å². The van der Waals surface area contributed by atoms with Crippen LogP contribution in [0.1, 0.15) is 33.6 Å². The Kier molecular flexibility index (Phi) is 15.4. The molecule has 0 saturated carbocycles. The van der Waals surface area contributed by atoms with Crippen molar-refractivity contribution in [3.05, 3.63) is 12.4 Å². The lowest BCUT2D eigenvalue weighted by atomic mass is 10.3. The highest BCUT2D eigenvalue weighted by Gasteiger charge is 1.87. The number of rotatable bonds is 3. The molecular weight excluding hydrogens is 164 g/mol. The van der Waals surface area contributed by atoms with E-state index in [1.54, 1.807) is 17.2 Å². The summed E-state index contributed by atoms with van der Waals surface area (Å²) in [6.07, 6.45) is 5.77. The molecule has 0 radical (unpaired) electrons. The minimum absolute atomic E-state index is 0.948. The Balaban J connectivity index is 0. The molecule has 1 heterocycles. The highest BCUT2D eigenvalue weighted by molar-refractivity contribution is 4.59. The molecule has 4 nitrogen and oxygen atoms in total. The standard InChI is InChI=1S/C6H11N3.C2H6.CH5N/c1-2-3-6-9-7-4-5-8-9;2*1-2/h4-5H,2-3,6H2,1H3;1-2H3;2H2,1H3. The van der Waals surface area contributed by atoms with E-state index in [1.807, 2.05) is 13.8 Å². The third-order valence-corrected chi connectivity index (χ3v) is 1.18. The summed E-state index contributed by atoms with van der Waals surface area (Å²) < 4.78 is 0. The quantitative estimate of drug-likeness (QED) is 0.781. The molecule has 78 valence electrons. The van der Waals surface area contributed by atoms with Gasteiger partial charge in [0.2, 0.25) is 0 Å². The van der Waals surface area contributed by atoms with Gasteiger partial charge in [0.05, 0.1) is 18.9 Å². The predicted octanol–water partition coefficient (Wildman–Crippen LogP) is 1.68. The smallest absolute Gasteiger partial charge is 0.0693 e. The molecule has 0 saturated heterocycles.